The van der Waals surface area contributed by atoms with Gasteiger partial charge in [0.2, 0.25) is 0 Å². The maximum Gasteiger partial charge on any atom is 0.198 e. The van der Waals surface area contributed by atoms with Gasteiger partial charge >= 0.3 is 0 Å². The van der Waals surface area contributed by atoms with Crippen molar-refractivity contribution in [2.75, 3.05) is 5.73 Å². The van der Waals surface area contributed by atoms with E-state index in [2.05, 4.69) is 27.7 Å². The molecular formula is C7H4ClIN2OS. The number of nitrogens with zero attached hydrogens (tertiary/aromatic N) is 1. The molecule has 0 aromatic carbocycles. The summed E-state index contributed by atoms with van der Waals surface area (Å²) in [5.41, 5.74) is 5.46. The molecule has 2 aromatic heterocycles. The zero-order chi connectivity index (χ0) is 9.42. The van der Waals surface area contributed by atoms with Gasteiger partial charge in [-0.25, -0.2) is 0 Å². The van der Waals surface area contributed by atoms with Gasteiger partial charge in [-0.3, -0.25) is 0 Å². The maximum atomic E-state index is 5.89. The number of nitrogens with two attached hydrogens (primary N) is 1. The molecule has 0 aliphatic heterocycles. The first-order valence-corrected chi connectivity index (χ1v) is 5.68. The number of rotatable bonds is 1. The molecule has 0 radical (unpaired) electrons. The predicted molar refractivity (Wildman–Crippen MR) is 62.0 cm³/mol. The Morgan fingerprint density at radius 3 is 2.85 bits per heavy atom. The minimum absolute atomic E-state index is 0.237. The molecule has 68 valence electrons. The Morgan fingerprint density at radius 1 is 1.62 bits per heavy atom. The summed E-state index contributed by atoms with van der Waals surface area (Å²) in [4.78, 5) is 0.967. The highest BCUT2D eigenvalue weighted by Gasteiger charge is 2.16. The van der Waals surface area contributed by atoms with Crippen molar-refractivity contribution in [2.24, 2.45) is 0 Å². The van der Waals surface area contributed by atoms with Crippen LogP contribution in [0.5, 0.6) is 0 Å². The van der Waals surface area contributed by atoms with E-state index in [4.69, 9.17) is 21.9 Å². The fourth-order valence-electron chi connectivity index (χ4n) is 0.888. The lowest BCUT2D eigenvalue weighted by atomic mass is 10.3. The summed E-state index contributed by atoms with van der Waals surface area (Å²) in [6.45, 7) is 0. The molecule has 2 heterocycles. The van der Waals surface area contributed by atoms with Crippen LogP contribution in [0.15, 0.2) is 16.0 Å². The van der Waals surface area contributed by atoms with Crippen molar-refractivity contribution in [3.8, 4) is 10.6 Å². The van der Waals surface area contributed by atoms with Crippen molar-refractivity contribution >= 4 is 51.3 Å². The van der Waals surface area contributed by atoms with Crippen molar-refractivity contribution in [3.05, 3.63) is 20.0 Å². The molecule has 13 heavy (non-hydrogen) atoms. The average Bonchev–Trinajstić information content (AvgIpc) is 2.62. The maximum absolute atomic E-state index is 5.89. The Hall–Kier alpha value is -0.270. The van der Waals surface area contributed by atoms with Crippen LogP contribution < -0.4 is 5.73 Å². The molecule has 0 fully saturated rings. The third kappa shape index (κ3) is 1.55. The van der Waals surface area contributed by atoms with E-state index in [9.17, 15) is 0 Å². The zero-order valence-corrected chi connectivity index (χ0v) is 9.98. The molecule has 0 saturated carbocycles. The van der Waals surface area contributed by atoms with Crippen LogP contribution >= 0.6 is 45.5 Å². The number of halogens is 2. The van der Waals surface area contributed by atoms with Crippen LogP contribution in [0.25, 0.3) is 10.6 Å². The van der Waals surface area contributed by atoms with Crippen LogP contribution in [0.2, 0.25) is 5.02 Å². The average molecular weight is 327 g/mol. The molecule has 2 aromatic rings. The number of anilines is 1. The monoisotopic (exact) mass is 326 g/mol. The van der Waals surface area contributed by atoms with E-state index in [1.807, 2.05) is 11.4 Å². The van der Waals surface area contributed by atoms with E-state index in [-0.39, 0.29) is 5.82 Å². The second-order valence-electron chi connectivity index (χ2n) is 2.31. The second-order valence-corrected chi connectivity index (χ2v) is 4.76. The highest BCUT2D eigenvalue weighted by atomic mass is 127. The molecule has 0 unspecified atom stereocenters. The highest BCUT2D eigenvalue weighted by molar-refractivity contribution is 14.1. The fraction of sp³-hybridized carbons (Fsp3) is 0. The Bertz CT molecular complexity index is 439. The Morgan fingerprint density at radius 2 is 2.38 bits per heavy atom. The molecule has 0 amide bonds. The number of hydrogen-bond acceptors (Lipinski definition) is 4. The van der Waals surface area contributed by atoms with Crippen LogP contribution in [0.1, 0.15) is 0 Å². The molecule has 0 saturated heterocycles. The number of hydrogen-bond donors (Lipinski definition) is 1. The summed E-state index contributed by atoms with van der Waals surface area (Å²) in [5, 5.41) is 5.94. The first-order chi connectivity index (χ1) is 6.20. The summed E-state index contributed by atoms with van der Waals surface area (Å²) >= 11 is 9.65. The number of nitrogen functional groups attached to an aromatic ring is 1. The molecule has 6 heteroatoms. The van der Waals surface area contributed by atoms with E-state index in [1.54, 1.807) is 11.3 Å². The summed E-state index contributed by atoms with van der Waals surface area (Å²) in [6, 6.07) is 1.98. The quantitative estimate of drug-likeness (QED) is 0.819. The smallest absolute Gasteiger partial charge is 0.198 e. The van der Waals surface area contributed by atoms with Gasteiger partial charge in [0.15, 0.2) is 11.6 Å². The molecule has 0 bridgehead atoms. The number of aromatic nitrogens is 1. The van der Waals surface area contributed by atoms with Crippen LogP contribution in [0.4, 0.5) is 5.82 Å². The third-order valence-electron chi connectivity index (χ3n) is 1.48. The Balaban J connectivity index is 2.59. The summed E-state index contributed by atoms with van der Waals surface area (Å²) in [5.74, 6) is 0.791. The van der Waals surface area contributed by atoms with E-state index >= 15 is 0 Å². The molecule has 0 spiro atoms. The minimum atomic E-state index is 0.237. The first kappa shape index (κ1) is 9.29. The van der Waals surface area contributed by atoms with Crippen molar-refractivity contribution in [3.63, 3.8) is 0 Å². The summed E-state index contributed by atoms with van der Waals surface area (Å²) in [7, 11) is 0. The first-order valence-electron chi connectivity index (χ1n) is 3.34. The van der Waals surface area contributed by atoms with Gasteiger partial charge in [-0.2, -0.15) is 0 Å². The van der Waals surface area contributed by atoms with E-state index in [1.165, 1.54) is 0 Å². The zero-order valence-electron chi connectivity index (χ0n) is 6.25. The van der Waals surface area contributed by atoms with Crippen molar-refractivity contribution in [2.45, 2.75) is 0 Å². The second kappa shape index (κ2) is 3.47. The molecule has 0 aliphatic carbocycles. The Labute approximate surface area is 97.0 Å². The van der Waals surface area contributed by atoms with Crippen LogP contribution in [-0.2, 0) is 0 Å². The van der Waals surface area contributed by atoms with Gasteiger partial charge in [0.05, 0.1) is 4.88 Å². The molecule has 0 aliphatic rings. The topological polar surface area (TPSA) is 52.0 Å². The van der Waals surface area contributed by atoms with Crippen molar-refractivity contribution in [1.29, 1.82) is 0 Å². The van der Waals surface area contributed by atoms with Gasteiger partial charge in [-0.1, -0.05) is 16.8 Å². The number of thiophene rings is 1. The van der Waals surface area contributed by atoms with Crippen LogP contribution in [0.3, 0.4) is 0 Å². The molecule has 0 atom stereocenters. The largest absolute Gasteiger partial charge is 0.380 e. The van der Waals surface area contributed by atoms with Gasteiger partial charge in [-0.05, 0) is 34.0 Å². The Kier molecular flexibility index (Phi) is 2.48. The fourth-order valence-corrected chi connectivity index (χ4v) is 2.93. The van der Waals surface area contributed by atoms with Gasteiger partial charge < -0.3 is 10.3 Å². The highest BCUT2D eigenvalue weighted by Crippen LogP contribution is 2.37. The summed E-state index contributed by atoms with van der Waals surface area (Å²) in [6.07, 6.45) is 0. The lowest BCUT2D eigenvalue weighted by Gasteiger charge is -1.91. The third-order valence-corrected chi connectivity index (χ3v) is 4.03. The SMILES string of the molecule is Nc1noc(-c2sccc2I)c1Cl. The standard InChI is InChI=1S/C7H4ClIN2OS/c8-4-5(12-11-7(4)10)6-3(9)1-2-13-6/h1-2H,(H2,10,11). The van der Waals surface area contributed by atoms with Crippen molar-refractivity contribution in [1.82, 2.24) is 5.16 Å². The molecule has 2 rings (SSSR count). The predicted octanol–water partition coefficient (Wildman–Crippen LogP) is 3.24. The van der Waals surface area contributed by atoms with Crippen LogP contribution in [-0.4, -0.2) is 5.16 Å². The molecular weight excluding hydrogens is 323 g/mol. The van der Waals surface area contributed by atoms with Gasteiger partial charge in [0.25, 0.3) is 0 Å². The van der Waals surface area contributed by atoms with E-state index in [0.717, 1.165) is 8.45 Å². The lowest BCUT2D eigenvalue weighted by Crippen LogP contribution is -1.82. The van der Waals surface area contributed by atoms with Crippen LogP contribution in [0, 0.1) is 3.57 Å². The van der Waals surface area contributed by atoms with E-state index in [0.29, 0.717) is 10.8 Å². The lowest BCUT2D eigenvalue weighted by molar-refractivity contribution is 0.436. The molecule has 3 nitrogen and oxygen atoms in total. The summed E-state index contributed by atoms with van der Waals surface area (Å²) < 4.78 is 6.10. The normalized spacial score (nSPS) is 10.6. The van der Waals surface area contributed by atoms with Crippen molar-refractivity contribution < 1.29 is 4.52 Å². The van der Waals surface area contributed by atoms with Gasteiger partial charge in [0.1, 0.15) is 5.02 Å². The van der Waals surface area contributed by atoms with E-state index < -0.39 is 0 Å². The van der Waals surface area contributed by atoms with Gasteiger partial charge in [-0.15, -0.1) is 11.3 Å². The minimum Gasteiger partial charge on any atom is -0.380 e. The molecule has 2 N–H and O–H groups in total. The van der Waals surface area contributed by atoms with Gasteiger partial charge in [0, 0.05) is 3.57 Å².